The number of rotatable bonds is 5. The Morgan fingerprint density at radius 2 is 2.05 bits per heavy atom. The van der Waals surface area contributed by atoms with Crippen LogP contribution < -0.4 is 4.72 Å². The van der Waals surface area contributed by atoms with Crippen molar-refractivity contribution < 1.29 is 13.5 Å². The van der Waals surface area contributed by atoms with Crippen LogP contribution in [-0.4, -0.2) is 20.1 Å². The van der Waals surface area contributed by atoms with Crippen LogP contribution in [0.1, 0.15) is 10.4 Å². The van der Waals surface area contributed by atoms with E-state index in [0.29, 0.717) is 12.1 Å². The summed E-state index contributed by atoms with van der Waals surface area (Å²) >= 11 is 4.54. The van der Waals surface area contributed by atoms with Gasteiger partial charge < -0.3 is 5.11 Å². The van der Waals surface area contributed by atoms with Crippen LogP contribution in [0.4, 0.5) is 5.69 Å². The summed E-state index contributed by atoms with van der Waals surface area (Å²) in [5.74, 6) is 0. The molecule has 0 saturated carbocycles. The maximum Gasteiger partial charge on any atom is 0.271 e. The first-order valence-electron chi connectivity index (χ1n) is 5.91. The van der Waals surface area contributed by atoms with Gasteiger partial charge in [0.1, 0.15) is 4.21 Å². The molecule has 0 aliphatic carbocycles. The number of nitrogens with one attached hydrogen (secondary N) is 1. The van der Waals surface area contributed by atoms with Crippen molar-refractivity contribution in [1.29, 1.82) is 0 Å². The highest BCUT2D eigenvalue weighted by atomic mass is 79.9. The van der Waals surface area contributed by atoms with Crippen molar-refractivity contribution in [3.8, 4) is 0 Å². The summed E-state index contributed by atoms with van der Waals surface area (Å²) in [5, 5.41) is 8.86. The Kier molecular flexibility index (Phi) is 4.85. The molecule has 108 valence electrons. The standard InChI is InChI=1S/C13H14BrNO3S2/c1-9-2-3-10(8-12(9)14)15-20(17,18)13-5-4-11(19-13)6-7-16/h2-5,8,15-16H,6-7H2,1H3. The molecular weight excluding hydrogens is 362 g/mol. The van der Waals surface area contributed by atoms with Gasteiger partial charge in [0.2, 0.25) is 0 Å². The van der Waals surface area contributed by atoms with Crippen molar-refractivity contribution in [3.05, 3.63) is 45.2 Å². The molecule has 2 aromatic rings. The average Bonchev–Trinajstić information content (AvgIpc) is 2.83. The summed E-state index contributed by atoms with van der Waals surface area (Å²) in [6.45, 7) is 1.95. The molecule has 0 aliphatic rings. The maximum atomic E-state index is 12.2. The van der Waals surface area contributed by atoms with E-state index in [4.69, 9.17) is 5.11 Å². The first-order chi connectivity index (χ1) is 9.42. The molecule has 0 fully saturated rings. The minimum atomic E-state index is -3.57. The molecule has 0 amide bonds. The molecule has 1 heterocycles. The number of halogens is 1. The zero-order chi connectivity index (χ0) is 14.8. The minimum absolute atomic E-state index is 0.0122. The molecule has 0 unspecified atom stereocenters. The number of aliphatic hydroxyl groups is 1. The molecule has 20 heavy (non-hydrogen) atoms. The molecule has 0 aliphatic heterocycles. The highest BCUT2D eigenvalue weighted by Crippen LogP contribution is 2.26. The number of hydrogen-bond donors (Lipinski definition) is 2. The van der Waals surface area contributed by atoms with Crippen molar-refractivity contribution in [3.63, 3.8) is 0 Å². The van der Waals surface area contributed by atoms with Crippen LogP contribution in [0.5, 0.6) is 0 Å². The zero-order valence-corrected chi connectivity index (χ0v) is 14.0. The lowest BCUT2D eigenvalue weighted by atomic mass is 10.2. The first kappa shape index (κ1) is 15.5. The second-order valence-electron chi connectivity index (χ2n) is 4.26. The Hall–Kier alpha value is -0.890. The van der Waals surface area contributed by atoms with Gasteiger partial charge in [-0.2, -0.15) is 0 Å². The van der Waals surface area contributed by atoms with Gasteiger partial charge in [-0.1, -0.05) is 22.0 Å². The Balaban J connectivity index is 2.23. The fourth-order valence-electron chi connectivity index (χ4n) is 1.61. The highest BCUT2D eigenvalue weighted by Gasteiger charge is 2.17. The lowest BCUT2D eigenvalue weighted by Crippen LogP contribution is -2.11. The molecule has 0 saturated heterocycles. The van der Waals surface area contributed by atoms with Crippen LogP contribution in [0.3, 0.4) is 0 Å². The number of aliphatic hydroxyl groups excluding tert-OH is 1. The van der Waals surface area contributed by atoms with Crippen LogP contribution >= 0.6 is 27.3 Å². The molecule has 0 atom stereocenters. The SMILES string of the molecule is Cc1ccc(NS(=O)(=O)c2ccc(CCO)s2)cc1Br. The van der Waals surface area contributed by atoms with Gasteiger partial charge in [-0.05, 0) is 36.8 Å². The number of hydrogen-bond acceptors (Lipinski definition) is 4. The largest absolute Gasteiger partial charge is 0.396 e. The van der Waals surface area contributed by atoms with E-state index >= 15 is 0 Å². The van der Waals surface area contributed by atoms with Crippen LogP contribution in [0.25, 0.3) is 0 Å². The van der Waals surface area contributed by atoms with Gasteiger partial charge in [0, 0.05) is 28.1 Å². The lowest BCUT2D eigenvalue weighted by molar-refractivity contribution is 0.300. The van der Waals surface area contributed by atoms with Crippen molar-refractivity contribution in [2.75, 3.05) is 11.3 Å². The number of benzene rings is 1. The van der Waals surface area contributed by atoms with E-state index in [2.05, 4.69) is 20.7 Å². The zero-order valence-electron chi connectivity index (χ0n) is 10.8. The van der Waals surface area contributed by atoms with Crippen molar-refractivity contribution in [2.24, 2.45) is 0 Å². The monoisotopic (exact) mass is 375 g/mol. The molecule has 2 N–H and O–H groups in total. The predicted octanol–water partition coefficient (Wildman–Crippen LogP) is 3.15. The fourth-order valence-corrected chi connectivity index (χ4v) is 4.38. The smallest absolute Gasteiger partial charge is 0.271 e. The van der Waals surface area contributed by atoms with Crippen LogP contribution in [0.15, 0.2) is 39.0 Å². The van der Waals surface area contributed by atoms with Crippen LogP contribution in [-0.2, 0) is 16.4 Å². The molecule has 0 spiro atoms. The summed E-state index contributed by atoms with van der Waals surface area (Å²) in [6.07, 6.45) is 0.469. The van der Waals surface area contributed by atoms with Gasteiger partial charge >= 0.3 is 0 Å². The van der Waals surface area contributed by atoms with Crippen LogP contribution in [0, 0.1) is 6.92 Å². The number of sulfonamides is 1. The third-order valence-corrected chi connectivity index (χ3v) is 6.56. The van der Waals surface area contributed by atoms with E-state index in [9.17, 15) is 8.42 Å². The van der Waals surface area contributed by atoms with Gasteiger partial charge in [-0.15, -0.1) is 11.3 Å². The molecular formula is C13H14BrNO3S2. The van der Waals surface area contributed by atoms with E-state index in [0.717, 1.165) is 14.9 Å². The topological polar surface area (TPSA) is 66.4 Å². The summed E-state index contributed by atoms with van der Waals surface area (Å²) in [6, 6.07) is 8.57. The highest BCUT2D eigenvalue weighted by molar-refractivity contribution is 9.10. The first-order valence-corrected chi connectivity index (χ1v) is 9.00. The van der Waals surface area contributed by atoms with E-state index in [-0.39, 0.29) is 10.8 Å². The third kappa shape index (κ3) is 3.60. The van der Waals surface area contributed by atoms with Crippen LogP contribution in [0.2, 0.25) is 0 Å². The molecule has 0 bridgehead atoms. The number of thiophene rings is 1. The van der Waals surface area contributed by atoms with Gasteiger partial charge in [-0.3, -0.25) is 4.72 Å². The molecule has 1 aromatic heterocycles. The Morgan fingerprint density at radius 1 is 1.30 bits per heavy atom. The van der Waals surface area contributed by atoms with Gasteiger partial charge in [0.25, 0.3) is 10.0 Å². The second-order valence-corrected chi connectivity index (χ2v) is 8.20. The quantitative estimate of drug-likeness (QED) is 0.843. The Bertz CT molecular complexity index is 710. The molecule has 1 aromatic carbocycles. The second kappa shape index (κ2) is 6.26. The minimum Gasteiger partial charge on any atom is -0.396 e. The van der Waals surface area contributed by atoms with Gasteiger partial charge in [0.05, 0.1) is 0 Å². The molecule has 0 radical (unpaired) electrons. The summed E-state index contributed by atoms with van der Waals surface area (Å²) in [4.78, 5) is 0.845. The molecule has 7 heteroatoms. The van der Waals surface area contributed by atoms with Gasteiger partial charge in [0.15, 0.2) is 0 Å². The van der Waals surface area contributed by atoms with Crippen molar-refractivity contribution in [2.45, 2.75) is 17.6 Å². The van der Waals surface area contributed by atoms with Crippen molar-refractivity contribution >= 4 is 43.0 Å². The Morgan fingerprint density at radius 3 is 2.70 bits per heavy atom. The lowest BCUT2D eigenvalue weighted by Gasteiger charge is -2.07. The van der Waals surface area contributed by atoms with E-state index in [1.54, 1.807) is 24.3 Å². The summed E-state index contributed by atoms with van der Waals surface area (Å²) in [5.41, 5.74) is 1.55. The van der Waals surface area contributed by atoms with E-state index in [1.165, 1.54) is 11.3 Å². The molecule has 2 rings (SSSR count). The van der Waals surface area contributed by atoms with E-state index < -0.39 is 10.0 Å². The third-order valence-electron chi connectivity index (χ3n) is 2.68. The van der Waals surface area contributed by atoms with Crippen molar-refractivity contribution in [1.82, 2.24) is 0 Å². The summed E-state index contributed by atoms with van der Waals surface area (Å²) < 4.78 is 28.1. The number of aryl methyl sites for hydroxylation is 1. The predicted molar refractivity (Wildman–Crippen MR) is 84.8 cm³/mol. The number of anilines is 1. The normalized spacial score (nSPS) is 11.6. The van der Waals surface area contributed by atoms with Gasteiger partial charge in [-0.25, -0.2) is 8.42 Å². The maximum absolute atomic E-state index is 12.2. The van der Waals surface area contributed by atoms with E-state index in [1.807, 2.05) is 13.0 Å². The molecule has 4 nitrogen and oxygen atoms in total. The Labute approximate surface area is 130 Å². The fraction of sp³-hybridized carbons (Fsp3) is 0.231. The summed E-state index contributed by atoms with van der Waals surface area (Å²) in [7, 11) is -3.57. The average molecular weight is 376 g/mol.